The van der Waals surface area contributed by atoms with Gasteiger partial charge in [0.2, 0.25) is 0 Å². The Morgan fingerprint density at radius 1 is 0.875 bits per heavy atom. The van der Waals surface area contributed by atoms with Gasteiger partial charge in [0, 0.05) is 33.5 Å². The predicted molar refractivity (Wildman–Crippen MR) is 70.6 cm³/mol. The van der Waals surface area contributed by atoms with Gasteiger partial charge in [0.1, 0.15) is 0 Å². The molecule has 0 unspecified atom stereocenters. The topological polar surface area (TPSA) is 98.7 Å². The van der Waals surface area contributed by atoms with Crippen LogP contribution in [0.25, 0.3) is 0 Å². The van der Waals surface area contributed by atoms with Gasteiger partial charge in [-0.2, -0.15) is 0 Å². The highest BCUT2D eigenvalue weighted by Gasteiger charge is 2.12. The van der Waals surface area contributed by atoms with Gasteiger partial charge in [-0.15, -0.1) is 0 Å². The Bertz CT molecular complexity index is 197. The zero-order valence-electron chi connectivity index (χ0n) is 8.17. The fraction of sp³-hybridized carbons (Fsp3) is 0.667. The molecule has 4 N–H and O–H groups in total. The first kappa shape index (κ1) is 16.3. The molecule has 10 heteroatoms. The molecule has 0 fully saturated rings. The fourth-order valence-corrected chi connectivity index (χ4v) is 2.91. The van der Waals surface area contributed by atoms with Crippen molar-refractivity contribution in [3.05, 3.63) is 0 Å². The van der Waals surface area contributed by atoms with E-state index in [9.17, 15) is 9.59 Å². The van der Waals surface area contributed by atoms with Gasteiger partial charge in [-0.25, -0.2) is 0 Å². The average molecular weight is 304 g/mol. The van der Waals surface area contributed by atoms with E-state index in [-0.39, 0.29) is 13.2 Å². The van der Waals surface area contributed by atoms with Crippen LogP contribution in [0.15, 0.2) is 0 Å². The van der Waals surface area contributed by atoms with Crippen LogP contribution in [-0.4, -0.2) is 46.7 Å². The summed E-state index contributed by atoms with van der Waals surface area (Å²) >= 11 is 0. The summed E-state index contributed by atoms with van der Waals surface area (Å²) in [5.74, 6) is -0.526. The number of aliphatic hydroxyl groups excluding tert-OH is 2. The van der Waals surface area contributed by atoms with Crippen LogP contribution in [0, 0.1) is 0 Å². The van der Waals surface area contributed by atoms with Crippen molar-refractivity contribution in [2.45, 2.75) is 0 Å². The predicted octanol–water partition coefficient (Wildman–Crippen LogP) is -0.204. The van der Waals surface area contributed by atoms with Crippen molar-refractivity contribution >= 4 is 55.4 Å². The van der Waals surface area contributed by atoms with Crippen LogP contribution in [0.1, 0.15) is 0 Å². The van der Waals surface area contributed by atoms with Gasteiger partial charge in [-0.1, -0.05) is 21.6 Å². The van der Waals surface area contributed by atoms with Gasteiger partial charge in [0.25, 0.3) is 0 Å². The van der Waals surface area contributed by atoms with E-state index in [4.69, 9.17) is 10.2 Å². The molecule has 0 aliphatic carbocycles. The summed E-state index contributed by atoms with van der Waals surface area (Å²) in [6.45, 7) is 0.0424. The molecule has 0 aromatic heterocycles. The molecule has 0 radical (unpaired) electrons. The second kappa shape index (κ2) is 11.7. The van der Waals surface area contributed by atoms with Crippen molar-refractivity contribution < 1.29 is 19.8 Å². The normalized spacial score (nSPS) is 9.88. The number of aliphatic hydroxyl groups is 2. The zero-order valence-corrected chi connectivity index (χ0v) is 11.4. The third kappa shape index (κ3) is 9.48. The van der Waals surface area contributed by atoms with E-state index in [1.807, 2.05) is 0 Å². The lowest BCUT2D eigenvalue weighted by molar-refractivity contribution is -0.136. The minimum Gasteiger partial charge on any atom is -0.395 e. The lowest BCUT2D eigenvalue weighted by Gasteiger charge is -2.03. The van der Waals surface area contributed by atoms with Crippen LogP contribution in [0.3, 0.4) is 0 Å². The Morgan fingerprint density at radius 2 is 1.25 bits per heavy atom. The molecule has 0 heterocycles. The zero-order chi connectivity index (χ0) is 12.2. The number of amides is 2. The number of hydrogen-bond donors (Lipinski definition) is 4. The highest BCUT2D eigenvalue weighted by molar-refractivity contribution is 8.76. The molecule has 94 valence electrons. The van der Waals surface area contributed by atoms with Gasteiger partial charge in [0.15, 0.2) is 0 Å². The number of nitrogens with one attached hydrogen (secondary N) is 2. The quantitative estimate of drug-likeness (QED) is 0.212. The van der Waals surface area contributed by atoms with Crippen molar-refractivity contribution in [1.82, 2.24) is 9.44 Å². The highest BCUT2D eigenvalue weighted by Crippen LogP contribution is 2.17. The molecular weight excluding hydrogens is 292 g/mol. The van der Waals surface area contributed by atoms with E-state index in [1.165, 1.54) is 21.6 Å². The molecule has 16 heavy (non-hydrogen) atoms. The highest BCUT2D eigenvalue weighted by atomic mass is 33.1. The summed E-state index contributed by atoms with van der Waals surface area (Å²) in [5.41, 5.74) is 0. The molecule has 0 atom stereocenters. The number of hydrogen-bond acceptors (Lipinski definition) is 8. The van der Waals surface area contributed by atoms with Crippen LogP contribution in [0.5, 0.6) is 0 Å². The Hall–Kier alpha value is 0.260. The van der Waals surface area contributed by atoms with Gasteiger partial charge < -0.3 is 10.2 Å². The maximum atomic E-state index is 11.1. The third-order valence-corrected chi connectivity index (χ3v) is 4.62. The summed E-state index contributed by atoms with van der Waals surface area (Å²) in [4.78, 5) is 22.2. The van der Waals surface area contributed by atoms with E-state index < -0.39 is 11.8 Å². The van der Waals surface area contributed by atoms with E-state index in [0.717, 1.165) is 22.0 Å². The smallest absolute Gasteiger partial charge is 0.320 e. The van der Waals surface area contributed by atoms with Crippen molar-refractivity contribution in [2.24, 2.45) is 0 Å². The largest absolute Gasteiger partial charge is 0.395 e. The monoisotopic (exact) mass is 304 g/mol. The Kier molecular flexibility index (Phi) is 11.9. The molecule has 0 aliphatic heterocycles. The Morgan fingerprint density at radius 3 is 1.56 bits per heavy atom. The van der Waals surface area contributed by atoms with Gasteiger partial charge in [-0.05, 0) is 0 Å². The van der Waals surface area contributed by atoms with Crippen molar-refractivity contribution in [3.63, 3.8) is 0 Å². The van der Waals surface area contributed by atoms with Crippen LogP contribution in [0.2, 0.25) is 0 Å². The van der Waals surface area contributed by atoms with Crippen LogP contribution >= 0.6 is 43.5 Å². The molecule has 0 saturated carbocycles. The first-order chi connectivity index (χ1) is 7.72. The van der Waals surface area contributed by atoms with E-state index in [1.54, 1.807) is 0 Å². The van der Waals surface area contributed by atoms with Crippen LogP contribution < -0.4 is 9.44 Å². The third-order valence-electron chi connectivity index (χ3n) is 0.942. The second-order valence-corrected chi connectivity index (χ2v) is 6.56. The van der Waals surface area contributed by atoms with Crippen LogP contribution in [0.4, 0.5) is 0 Å². The first-order valence-electron chi connectivity index (χ1n) is 4.11. The van der Waals surface area contributed by atoms with Crippen molar-refractivity contribution in [1.29, 1.82) is 0 Å². The number of carbonyl (C=O) groups excluding carboxylic acids is 2. The SMILES string of the molecule is O=C(NSSCCO)C(=O)NSSCCO. The van der Waals surface area contributed by atoms with Crippen LogP contribution in [-0.2, 0) is 9.59 Å². The maximum Gasteiger partial charge on any atom is 0.320 e. The maximum absolute atomic E-state index is 11.1. The molecular formula is C6H12N2O4S4. The Balaban J connectivity index is 3.46. The molecule has 6 nitrogen and oxygen atoms in total. The molecule has 0 aromatic carbocycles. The van der Waals surface area contributed by atoms with E-state index >= 15 is 0 Å². The summed E-state index contributed by atoms with van der Waals surface area (Å²) < 4.78 is 4.61. The van der Waals surface area contributed by atoms with Gasteiger partial charge in [-0.3, -0.25) is 19.0 Å². The Labute approximate surface area is 109 Å². The standard InChI is InChI=1S/C6H12N2O4S4/c9-1-3-13-15-7-5(11)6(12)8-16-14-4-2-10/h9-10H,1-4H2,(H,7,11)(H,8,12). The lowest BCUT2D eigenvalue weighted by atomic mass is 10.6. The first-order valence-corrected chi connectivity index (χ1v) is 8.75. The molecule has 2 amide bonds. The lowest BCUT2D eigenvalue weighted by Crippen LogP contribution is -2.32. The van der Waals surface area contributed by atoms with Gasteiger partial charge in [0.05, 0.1) is 13.2 Å². The summed E-state index contributed by atoms with van der Waals surface area (Å²) in [5, 5.41) is 16.9. The van der Waals surface area contributed by atoms with E-state index in [0.29, 0.717) is 11.5 Å². The van der Waals surface area contributed by atoms with Gasteiger partial charge >= 0.3 is 11.8 Å². The summed E-state index contributed by atoms with van der Waals surface area (Å²) in [7, 11) is 4.48. The minimum atomic E-state index is -0.743. The minimum absolute atomic E-state index is 0.0212. The van der Waals surface area contributed by atoms with Crippen molar-refractivity contribution in [3.8, 4) is 0 Å². The average Bonchev–Trinajstić information content (AvgIpc) is 2.29. The molecule has 0 aromatic rings. The molecule has 0 rings (SSSR count). The molecule has 0 aliphatic rings. The van der Waals surface area contributed by atoms with E-state index in [2.05, 4.69) is 9.44 Å². The summed E-state index contributed by atoms with van der Waals surface area (Å²) in [6.07, 6.45) is 0. The molecule has 0 bridgehead atoms. The second-order valence-electron chi connectivity index (χ2n) is 2.12. The molecule has 0 spiro atoms. The summed E-state index contributed by atoms with van der Waals surface area (Å²) in [6, 6.07) is 0. The van der Waals surface area contributed by atoms with Crippen molar-refractivity contribution in [2.75, 3.05) is 24.7 Å². The number of carbonyl (C=O) groups is 2. The fourth-order valence-electron chi connectivity index (χ4n) is 0.385. The number of rotatable bonds is 8. The molecule has 0 saturated heterocycles.